The van der Waals surface area contributed by atoms with Gasteiger partial charge in [0.1, 0.15) is 5.01 Å². The number of halogens is 3. The van der Waals surface area contributed by atoms with Crippen LogP contribution in [0.5, 0.6) is 0 Å². The molecule has 174 valence electrons. The Labute approximate surface area is 212 Å². The number of thiophene rings is 2. The first-order valence-electron chi connectivity index (χ1n) is 11.0. The molecule has 0 fully saturated rings. The van der Waals surface area contributed by atoms with Gasteiger partial charge >= 0.3 is 6.18 Å². The summed E-state index contributed by atoms with van der Waals surface area (Å²) in [5, 5.41) is 3.04. The first-order chi connectivity index (χ1) is 16.8. The van der Waals surface area contributed by atoms with Crippen molar-refractivity contribution < 1.29 is 13.2 Å². The molecule has 0 aliphatic heterocycles. The van der Waals surface area contributed by atoms with Crippen molar-refractivity contribution in [2.75, 3.05) is 0 Å². The van der Waals surface area contributed by atoms with E-state index in [1.54, 1.807) is 34.0 Å². The van der Waals surface area contributed by atoms with E-state index in [0.29, 0.717) is 10.6 Å². The molecule has 0 radical (unpaired) electrons. The molecule has 0 spiro atoms. The summed E-state index contributed by atoms with van der Waals surface area (Å²) in [6.07, 6.45) is -4.36. The largest absolute Gasteiger partial charge is 0.416 e. The van der Waals surface area contributed by atoms with Crippen LogP contribution in [-0.4, -0.2) is 4.98 Å². The number of alkyl halides is 3. The quantitative estimate of drug-likeness (QED) is 0.226. The monoisotopic (exact) mass is 521 g/mol. The van der Waals surface area contributed by atoms with Crippen molar-refractivity contribution in [1.82, 2.24) is 4.98 Å². The first kappa shape index (κ1) is 22.5. The molecule has 3 heterocycles. The fourth-order valence-electron chi connectivity index (χ4n) is 4.50. The topological polar surface area (TPSA) is 12.9 Å². The molecule has 1 nitrogen and oxygen atoms in total. The predicted molar refractivity (Wildman–Crippen MR) is 144 cm³/mol. The van der Waals surface area contributed by atoms with Crippen molar-refractivity contribution in [3.8, 4) is 32.3 Å². The van der Waals surface area contributed by atoms with E-state index < -0.39 is 11.7 Å². The van der Waals surface area contributed by atoms with E-state index in [0.717, 1.165) is 39.2 Å². The fraction of sp³-hybridized carbons (Fsp3) is 0.107. The normalized spacial score (nSPS) is 12.1. The van der Waals surface area contributed by atoms with E-state index in [1.807, 2.05) is 24.3 Å². The van der Waals surface area contributed by atoms with Crippen molar-refractivity contribution in [2.45, 2.75) is 20.0 Å². The van der Waals surface area contributed by atoms with Crippen LogP contribution in [0, 0.1) is 13.8 Å². The van der Waals surface area contributed by atoms with Crippen LogP contribution >= 0.6 is 34.0 Å². The Morgan fingerprint density at radius 1 is 0.657 bits per heavy atom. The van der Waals surface area contributed by atoms with Crippen molar-refractivity contribution in [3.63, 3.8) is 0 Å². The molecule has 35 heavy (non-hydrogen) atoms. The lowest BCUT2D eigenvalue weighted by Gasteiger charge is -2.06. The third-order valence-corrected chi connectivity index (χ3v) is 9.39. The molecule has 6 rings (SSSR count). The molecular weight excluding hydrogens is 504 g/mol. The number of benzene rings is 3. The van der Waals surface area contributed by atoms with Gasteiger partial charge in [-0.3, -0.25) is 0 Å². The second-order valence-corrected chi connectivity index (χ2v) is 11.8. The van der Waals surface area contributed by atoms with Gasteiger partial charge in [-0.1, -0.05) is 48.5 Å². The summed E-state index contributed by atoms with van der Waals surface area (Å²) in [6, 6.07) is 21.9. The van der Waals surface area contributed by atoms with Gasteiger partial charge in [-0.05, 0) is 38.1 Å². The third-order valence-electron chi connectivity index (χ3n) is 6.09. The molecule has 0 aliphatic carbocycles. The molecule has 0 saturated heterocycles. The minimum atomic E-state index is -4.36. The summed E-state index contributed by atoms with van der Waals surface area (Å²) in [6.45, 7) is 4.24. The molecule has 3 aromatic heterocycles. The van der Waals surface area contributed by atoms with E-state index in [-0.39, 0.29) is 0 Å². The highest BCUT2D eigenvalue weighted by molar-refractivity contribution is 7.22. The van der Waals surface area contributed by atoms with E-state index in [2.05, 4.69) is 38.1 Å². The lowest BCUT2D eigenvalue weighted by Crippen LogP contribution is -2.03. The van der Waals surface area contributed by atoms with Crippen LogP contribution in [0.25, 0.3) is 52.4 Å². The minimum Gasteiger partial charge on any atom is -0.235 e. The van der Waals surface area contributed by atoms with Gasteiger partial charge in [-0.25, -0.2) is 4.98 Å². The second kappa shape index (κ2) is 8.29. The molecule has 0 saturated carbocycles. The number of hydrogen-bond acceptors (Lipinski definition) is 4. The van der Waals surface area contributed by atoms with Crippen LogP contribution in [0.3, 0.4) is 0 Å². The number of rotatable bonds is 3. The molecule has 6 aromatic rings. The number of aromatic nitrogens is 1. The Morgan fingerprint density at radius 2 is 1.20 bits per heavy atom. The zero-order valence-corrected chi connectivity index (χ0v) is 21.2. The maximum atomic E-state index is 13.1. The number of hydrogen-bond donors (Lipinski definition) is 0. The lowest BCUT2D eigenvalue weighted by molar-refractivity contribution is -0.137. The van der Waals surface area contributed by atoms with Crippen LogP contribution < -0.4 is 0 Å². The van der Waals surface area contributed by atoms with Gasteiger partial charge in [0.15, 0.2) is 0 Å². The first-order valence-corrected chi connectivity index (χ1v) is 13.4. The molecule has 0 bridgehead atoms. The van der Waals surface area contributed by atoms with Crippen LogP contribution in [0.2, 0.25) is 0 Å². The van der Waals surface area contributed by atoms with Gasteiger partial charge in [-0.2, -0.15) is 13.2 Å². The SMILES string of the molecule is Cc1sc2ccccc2c1-c1nc(-c2ccc(C(F)(F)F)cc2)sc1-c1c(C)sc2ccccc12. The highest BCUT2D eigenvalue weighted by Crippen LogP contribution is 2.50. The maximum Gasteiger partial charge on any atom is 0.416 e. The van der Waals surface area contributed by atoms with Gasteiger partial charge in [-0.15, -0.1) is 34.0 Å². The van der Waals surface area contributed by atoms with E-state index >= 15 is 0 Å². The molecule has 0 unspecified atom stereocenters. The Balaban J connectivity index is 1.62. The summed E-state index contributed by atoms with van der Waals surface area (Å²) in [5.74, 6) is 0. The second-order valence-electron chi connectivity index (χ2n) is 8.33. The Kier molecular flexibility index (Phi) is 5.32. The molecule has 7 heteroatoms. The van der Waals surface area contributed by atoms with Gasteiger partial charge in [0, 0.05) is 46.6 Å². The summed E-state index contributed by atoms with van der Waals surface area (Å²) in [4.78, 5) is 8.51. The Bertz CT molecular complexity index is 1600. The van der Waals surface area contributed by atoms with E-state index in [9.17, 15) is 13.2 Å². The standard InChI is InChI=1S/C28H18F3NS3/c1-15-23(19-7-3-5-9-21(19)33-15)25-26(24-16(2)34-22-10-6-4-8-20(22)24)35-27(32-25)17-11-13-18(14-12-17)28(29,30)31/h3-14H,1-2H3. The summed E-state index contributed by atoms with van der Waals surface area (Å²) < 4.78 is 41.8. The van der Waals surface area contributed by atoms with E-state index in [1.165, 1.54) is 36.7 Å². The molecule has 0 amide bonds. The van der Waals surface area contributed by atoms with Crippen LogP contribution in [-0.2, 0) is 6.18 Å². The zero-order chi connectivity index (χ0) is 24.3. The lowest BCUT2D eigenvalue weighted by atomic mass is 10.0. The molecule has 0 aliphatic rings. The highest BCUT2D eigenvalue weighted by Gasteiger charge is 2.30. The summed E-state index contributed by atoms with van der Waals surface area (Å²) in [5.41, 5.74) is 3.18. The summed E-state index contributed by atoms with van der Waals surface area (Å²) in [7, 11) is 0. The van der Waals surface area contributed by atoms with Gasteiger partial charge in [0.25, 0.3) is 0 Å². The molecule has 3 aromatic carbocycles. The smallest absolute Gasteiger partial charge is 0.235 e. The number of fused-ring (bicyclic) bond motifs is 2. The van der Waals surface area contributed by atoms with Gasteiger partial charge < -0.3 is 0 Å². The van der Waals surface area contributed by atoms with Crippen molar-refractivity contribution in [3.05, 3.63) is 88.1 Å². The average Bonchev–Trinajstić information content (AvgIpc) is 3.49. The maximum absolute atomic E-state index is 13.1. The molecule has 0 atom stereocenters. The number of thiazole rings is 1. The Hall–Kier alpha value is -3.00. The number of nitrogens with zero attached hydrogens (tertiary/aromatic N) is 1. The zero-order valence-electron chi connectivity index (χ0n) is 18.7. The van der Waals surface area contributed by atoms with Crippen LogP contribution in [0.4, 0.5) is 13.2 Å². The van der Waals surface area contributed by atoms with E-state index in [4.69, 9.17) is 4.98 Å². The average molecular weight is 522 g/mol. The number of aryl methyl sites for hydroxylation is 2. The highest BCUT2D eigenvalue weighted by atomic mass is 32.1. The van der Waals surface area contributed by atoms with Gasteiger partial charge in [0.2, 0.25) is 0 Å². The molecular formula is C28H18F3NS3. The summed E-state index contributed by atoms with van der Waals surface area (Å²) >= 11 is 5.04. The van der Waals surface area contributed by atoms with Crippen molar-refractivity contribution in [2.24, 2.45) is 0 Å². The third kappa shape index (κ3) is 3.78. The van der Waals surface area contributed by atoms with Crippen molar-refractivity contribution >= 4 is 54.2 Å². The van der Waals surface area contributed by atoms with Crippen molar-refractivity contribution in [1.29, 1.82) is 0 Å². The predicted octanol–water partition coefficient (Wildman–Crippen LogP) is 10.2. The Morgan fingerprint density at radius 3 is 1.80 bits per heavy atom. The van der Waals surface area contributed by atoms with Crippen LogP contribution in [0.15, 0.2) is 72.8 Å². The van der Waals surface area contributed by atoms with Crippen LogP contribution in [0.1, 0.15) is 15.3 Å². The minimum absolute atomic E-state index is 0.655. The fourth-order valence-corrected chi connectivity index (χ4v) is 7.89. The van der Waals surface area contributed by atoms with Gasteiger partial charge in [0.05, 0.1) is 16.1 Å². The molecule has 0 N–H and O–H groups in total.